The normalized spacial score (nSPS) is 18.8. The summed E-state index contributed by atoms with van der Waals surface area (Å²) in [7, 11) is 0. The summed E-state index contributed by atoms with van der Waals surface area (Å²) in [5.41, 5.74) is 0.339. The number of hydrogen-bond acceptors (Lipinski definition) is 8. The van der Waals surface area contributed by atoms with Crippen molar-refractivity contribution in [2.24, 2.45) is 5.92 Å². The second-order valence-corrected chi connectivity index (χ2v) is 11.4. The third-order valence-corrected chi connectivity index (χ3v) is 6.62. The van der Waals surface area contributed by atoms with Crippen molar-refractivity contribution < 1.29 is 4.79 Å². The predicted octanol–water partition coefficient (Wildman–Crippen LogP) is 3.30. The first kappa shape index (κ1) is 26.4. The van der Waals surface area contributed by atoms with Crippen molar-refractivity contribution in [1.82, 2.24) is 35.4 Å². The fourth-order valence-corrected chi connectivity index (χ4v) is 4.61. The maximum Gasteiger partial charge on any atom is 0.259 e. The third-order valence-electron chi connectivity index (χ3n) is 5.92. The third kappa shape index (κ3) is 6.91. The summed E-state index contributed by atoms with van der Waals surface area (Å²) in [6.45, 7) is 13.6. The lowest BCUT2D eigenvalue weighted by molar-refractivity contribution is 0.0608. The van der Waals surface area contributed by atoms with Crippen molar-refractivity contribution in [1.29, 1.82) is 0 Å². The molecule has 34 heavy (non-hydrogen) atoms. The van der Waals surface area contributed by atoms with Gasteiger partial charge in [-0.15, -0.1) is 0 Å². The molecule has 3 N–H and O–H groups in total. The van der Waals surface area contributed by atoms with E-state index >= 15 is 0 Å². The van der Waals surface area contributed by atoms with Gasteiger partial charge in [-0.1, -0.05) is 34.6 Å². The number of aromatic nitrogens is 5. The SMILES string of the molecule is CSCCCNc1nc(C(C)(C)C)ncc1C(=O)N(CC(C)C)[C@@H]1CNC[C@H](c2ncn[nH]2)C1. The van der Waals surface area contributed by atoms with Gasteiger partial charge in [0.1, 0.15) is 29.4 Å². The molecule has 2 aromatic rings. The van der Waals surface area contributed by atoms with Crippen LogP contribution in [0.1, 0.15) is 75.4 Å². The van der Waals surface area contributed by atoms with E-state index in [0.29, 0.717) is 23.8 Å². The van der Waals surface area contributed by atoms with Crippen LogP contribution >= 0.6 is 11.8 Å². The first-order chi connectivity index (χ1) is 16.2. The summed E-state index contributed by atoms with van der Waals surface area (Å²) in [4.78, 5) is 29.7. The molecule has 188 valence electrons. The molecule has 10 heteroatoms. The average molecular weight is 489 g/mol. The van der Waals surface area contributed by atoms with Gasteiger partial charge < -0.3 is 15.5 Å². The highest BCUT2D eigenvalue weighted by Gasteiger charge is 2.34. The van der Waals surface area contributed by atoms with Crippen molar-refractivity contribution in [2.45, 2.75) is 64.8 Å². The second kappa shape index (κ2) is 12.0. The van der Waals surface area contributed by atoms with Crippen LogP contribution in [0, 0.1) is 5.92 Å². The molecule has 0 unspecified atom stereocenters. The van der Waals surface area contributed by atoms with Crippen LogP contribution in [-0.2, 0) is 5.41 Å². The molecule has 3 heterocycles. The van der Waals surface area contributed by atoms with E-state index in [0.717, 1.165) is 49.9 Å². The molecule has 0 saturated carbocycles. The molecule has 0 radical (unpaired) electrons. The van der Waals surface area contributed by atoms with E-state index in [9.17, 15) is 4.79 Å². The monoisotopic (exact) mass is 488 g/mol. The van der Waals surface area contributed by atoms with Crippen LogP contribution in [0.25, 0.3) is 0 Å². The number of piperidine rings is 1. The van der Waals surface area contributed by atoms with Gasteiger partial charge in [0.2, 0.25) is 0 Å². The minimum atomic E-state index is -0.202. The molecule has 1 aliphatic heterocycles. The fourth-order valence-electron chi connectivity index (χ4n) is 4.18. The van der Waals surface area contributed by atoms with Crippen LogP contribution in [0.4, 0.5) is 5.82 Å². The average Bonchev–Trinajstić information content (AvgIpc) is 3.34. The molecule has 0 bridgehead atoms. The van der Waals surface area contributed by atoms with E-state index in [-0.39, 0.29) is 23.3 Å². The molecule has 0 aliphatic carbocycles. The Morgan fingerprint density at radius 1 is 1.29 bits per heavy atom. The van der Waals surface area contributed by atoms with E-state index < -0.39 is 0 Å². The highest BCUT2D eigenvalue weighted by atomic mass is 32.2. The molecule has 3 rings (SSSR count). The van der Waals surface area contributed by atoms with Crippen molar-refractivity contribution in [3.8, 4) is 0 Å². The number of carbonyl (C=O) groups is 1. The molecule has 2 aromatic heterocycles. The van der Waals surface area contributed by atoms with Crippen LogP contribution in [0.15, 0.2) is 12.5 Å². The van der Waals surface area contributed by atoms with Gasteiger partial charge in [0.25, 0.3) is 5.91 Å². The molecule has 1 aliphatic rings. The molecule has 9 nitrogen and oxygen atoms in total. The van der Waals surface area contributed by atoms with Crippen LogP contribution in [0.2, 0.25) is 0 Å². The summed E-state index contributed by atoms with van der Waals surface area (Å²) in [6, 6.07) is 0.0467. The van der Waals surface area contributed by atoms with Gasteiger partial charge in [-0.3, -0.25) is 9.89 Å². The Morgan fingerprint density at radius 3 is 2.74 bits per heavy atom. The van der Waals surface area contributed by atoms with Crippen molar-refractivity contribution >= 4 is 23.5 Å². The van der Waals surface area contributed by atoms with E-state index in [1.54, 1.807) is 12.5 Å². The smallest absolute Gasteiger partial charge is 0.259 e. The van der Waals surface area contributed by atoms with E-state index in [1.807, 2.05) is 16.7 Å². The van der Waals surface area contributed by atoms with E-state index in [4.69, 9.17) is 4.98 Å². The minimum Gasteiger partial charge on any atom is -0.369 e. The summed E-state index contributed by atoms with van der Waals surface area (Å²) in [5.74, 6) is 3.79. The molecule has 1 fully saturated rings. The second-order valence-electron chi connectivity index (χ2n) is 10.4. The number of hydrogen-bond donors (Lipinski definition) is 3. The van der Waals surface area contributed by atoms with Crippen LogP contribution < -0.4 is 10.6 Å². The van der Waals surface area contributed by atoms with Crippen molar-refractivity contribution in [3.63, 3.8) is 0 Å². The number of thioether (sulfide) groups is 1. The Morgan fingerprint density at radius 2 is 2.09 bits per heavy atom. The Balaban J connectivity index is 1.88. The zero-order valence-corrected chi connectivity index (χ0v) is 22.2. The maximum absolute atomic E-state index is 14.0. The lowest BCUT2D eigenvalue weighted by atomic mass is 9.93. The zero-order chi connectivity index (χ0) is 24.7. The molecule has 1 amide bonds. The van der Waals surface area contributed by atoms with Crippen LogP contribution in [0.3, 0.4) is 0 Å². The van der Waals surface area contributed by atoms with Gasteiger partial charge in [-0.05, 0) is 30.8 Å². The fraction of sp³-hybridized carbons (Fsp3) is 0.708. The number of rotatable bonds is 10. The van der Waals surface area contributed by atoms with Crippen LogP contribution in [-0.4, -0.2) is 80.2 Å². The lowest BCUT2D eigenvalue weighted by Crippen LogP contribution is -2.52. The number of carbonyl (C=O) groups excluding carboxylic acids is 1. The summed E-state index contributed by atoms with van der Waals surface area (Å²) >= 11 is 1.82. The number of amides is 1. The van der Waals surface area contributed by atoms with Gasteiger partial charge in [0.05, 0.1) is 0 Å². The molecule has 2 atom stereocenters. The molecular formula is C24H40N8OS. The highest BCUT2D eigenvalue weighted by Crippen LogP contribution is 2.27. The molecule has 0 aromatic carbocycles. The Labute approximate surface area is 207 Å². The number of nitrogens with zero attached hydrogens (tertiary/aromatic N) is 5. The predicted molar refractivity (Wildman–Crippen MR) is 138 cm³/mol. The number of aromatic amines is 1. The first-order valence-electron chi connectivity index (χ1n) is 12.2. The van der Waals surface area contributed by atoms with Crippen LogP contribution in [0.5, 0.6) is 0 Å². The topological polar surface area (TPSA) is 112 Å². The Hall–Kier alpha value is -2.20. The van der Waals surface area contributed by atoms with Crippen molar-refractivity contribution in [3.05, 3.63) is 29.7 Å². The summed E-state index contributed by atoms with van der Waals surface area (Å²) in [5, 5.41) is 13.9. The Kier molecular flexibility index (Phi) is 9.30. The number of nitrogens with one attached hydrogen (secondary N) is 3. The van der Waals surface area contributed by atoms with E-state index in [1.165, 1.54) is 0 Å². The molecule has 0 spiro atoms. The van der Waals surface area contributed by atoms with Gasteiger partial charge in [-0.25, -0.2) is 15.0 Å². The molecular weight excluding hydrogens is 448 g/mol. The maximum atomic E-state index is 14.0. The molecule has 1 saturated heterocycles. The van der Waals surface area contributed by atoms with E-state index in [2.05, 4.69) is 71.7 Å². The Bertz CT molecular complexity index is 912. The van der Waals surface area contributed by atoms with Gasteiger partial charge in [-0.2, -0.15) is 16.9 Å². The lowest BCUT2D eigenvalue weighted by Gasteiger charge is -2.38. The zero-order valence-electron chi connectivity index (χ0n) is 21.4. The largest absolute Gasteiger partial charge is 0.369 e. The van der Waals surface area contributed by atoms with Gasteiger partial charge >= 0.3 is 0 Å². The van der Waals surface area contributed by atoms with Gasteiger partial charge in [0.15, 0.2) is 0 Å². The quantitative estimate of drug-likeness (QED) is 0.437. The standard InChI is InChI=1S/C24H40N8OS/c1-16(2)14-32(18-10-17(11-25-12-18)20-28-15-29-31-20)22(33)19-13-27-23(24(3,4)5)30-21(19)26-8-7-9-34-6/h13,15-18,25H,7-12,14H2,1-6H3,(H,26,27,30)(H,28,29,31)/t17-,18+/m1/s1. The van der Waals surface area contributed by atoms with Crippen molar-refractivity contribution in [2.75, 3.05) is 43.5 Å². The summed E-state index contributed by atoms with van der Waals surface area (Å²) < 4.78 is 0. The first-order valence-corrected chi connectivity index (χ1v) is 13.6. The number of anilines is 1. The highest BCUT2D eigenvalue weighted by molar-refractivity contribution is 7.98. The number of H-pyrrole nitrogens is 1. The minimum absolute atomic E-state index is 0.0217. The summed E-state index contributed by atoms with van der Waals surface area (Å²) in [6.07, 6.45) is 7.19. The van der Waals surface area contributed by atoms with Gasteiger partial charge in [0, 0.05) is 49.8 Å².